The lowest BCUT2D eigenvalue weighted by Gasteiger charge is -2.23. The molecule has 252 valence electrons. The quantitative estimate of drug-likeness (QED) is 0.0575. The van der Waals surface area contributed by atoms with E-state index in [-0.39, 0.29) is 36.6 Å². The van der Waals surface area contributed by atoms with Gasteiger partial charge in [-0.15, -0.1) is 0 Å². The molecule has 0 saturated heterocycles. The number of pyridine rings is 1. The number of nitrogens with two attached hydrogens (primary N) is 1. The van der Waals surface area contributed by atoms with E-state index in [1.807, 2.05) is 25.1 Å². The van der Waals surface area contributed by atoms with Gasteiger partial charge in [-0.1, -0.05) is 51.1 Å². The summed E-state index contributed by atoms with van der Waals surface area (Å²) in [5.74, 6) is 0.159. The number of phenols is 1. The first-order chi connectivity index (χ1) is 23.1. The molecule has 10 nitrogen and oxygen atoms in total. The van der Waals surface area contributed by atoms with E-state index in [0.29, 0.717) is 51.1 Å². The fourth-order valence-corrected chi connectivity index (χ4v) is 5.54. The molecular weight excluding hydrogens is 610 g/mol. The van der Waals surface area contributed by atoms with Gasteiger partial charge >= 0.3 is 5.97 Å². The molecule has 0 amide bonds. The molecule has 0 bridgehead atoms. The molecule has 0 spiro atoms. The molecule has 3 aromatic carbocycles. The molecule has 0 aliphatic carbocycles. The maximum atomic E-state index is 13.2. The van der Waals surface area contributed by atoms with Crippen molar-refractivity contribution in [2.75, 3.05) is 26.5 Å². The topological polar surface area (TPSA) is 149 Å². The highest BCUT2D eigenvalue weighted by Crippen LogP contribution is 2.45. The minimum absolute atomic E-state index is 0.0738. The zero-order valence-electron chi connectivity index (χ0n) is 27.8. The van der Waals surface area contributed by atoms with Gasteiger partial charge in [0, 0.05) is 40.5 Å². The number of aromatic hydroxyl groups is 1. The second kappa shape index (κ2) is 15.3. The highest BCUT2D eigenvalue weighted by Gasteiger charge is 2.30. The van der Waals surface area contributed by atoms with Crippen LogP contribution in [-0.2, 0) is 11.2 Å². The summed E-state index contributed by atoms with van der Waals surface area (Å²) in [6.07, 6.45) is 6.14. The molecule has 5 aromatic rings. The van der Waals surface area contributed by atoms with Crippen LogP contribution >= 0.6 is 0 Å². The normalized spacial score (nSPS) is 12.8. The van der Waals surface area contributed by atoms with Crippen LogP contribution in [0, 0.1) is 5.41 Å². The minimum Gasteiger partial charge on any atom is -0.507 e. The number of hydrogen-bond donors (Lipinski definition) is 4. The summed E-state index contributed by atoms with van der Waals surface area (Å²) >= 11 is 0. The molecule has 2 heterocycles. The van der Waals surface area contributed by atoms with Crippen LogP contribution in [0.5, 0.6) is 17.4 Å². The SMILES string of the molecule is CC(=COc1cc(C(NCCO)c2c(O)c3ccc(OCCC(C)(C)C)cc3c3occ(C(=O)OCN)c23)ccn1)Cc1ccccc1. The smallest absolute Gasteiger partial charge is 0.343 e. The van der Waals surface area contributed by atoms with E-state index in [9.17, 15) is 15.0 Å². The predicted octanol–water partition coefficient (Wildman–Crippen LogP) is 6.77. The van der Waals surface area contributed by atoms with Crippen LogP contribution in [-0.4, -0.2) is 47.7 Å². The Hall–Kier alpha value is -4.90. The van der Waals surface area contributed by atoms with Crippen molar-refractivity contribution in [3.63, 3.8) is 0 Å². The third kappa shape index (κ3) is 8.14. The Morgan fingerprint density at radius 2 is 1.90 bits per heavy atom. The molecule has 0 fully saturated rings. The predicted molar refractivity (Wildman–Crippen MR) is 185 cm³/mol. The van der Waals surface area contributed by atoms with Crippen LogP contribution in [0.1, 0.15) is 67.2 Å². The first-order valence-corrected chi connectivity index (χ1v) is 16.0. The van der Waals surface area contributed by atoms with Gasteiger partial charge < -0.3 is 34.2 Å². The standard InChI is InChI=1S/C38H43N3O7/c1-24(18-25-8-6-5-7-9-25)21-46-31-19-26(12-14-40-31)34(41-15-16-42)33-32-30(37(44)48-23-39)22-47-36(32)29-20-27(10-11-28(29)35(33)43)45-17-13-38(2,3)4/h5-12,14,19-22,34,41-43H,13,15-18,23,39H2,1-4H3. The van der Waals surface area contributed by atoms with Crippen LogP contribution < -0.4 is 20.5 Å². The van der Waals surface area contributed by atoms with Crippen LogP contribution in [0.3, 0.4) is 0 Å². The monoisotopic (exact) mass is 653 g/mol. The number of phenolic OH excluding ortho intramolecular Hbond substituents is 1. The average Bonchev–Trinajstić information content (AvgIpc) is 3.51. The zero-order chi connectivity index (χ0) is 34.3. The molecule has 10 heteroatoms. The first kappa shape index (κ1) is 34.4. The maximum Gasteiger partial charge on any atom is 0.343 e. The Balaban J connectivity index is 1.60. The van der Waals surface area contributed by atoms with Gasteiger partial charge in [0.1, 0.15) is 35.6 Å². The van der Waals surface area contributed by atoms with E-state index in [0.717, 1.165) is 24.0 Å². The maximum absolute atomic E-state index is 13.2. The van der Waals surface area contributed by atoms with Gasteiger partial charge in [0.05, 0.1) is 25.5 Å². The molecule has 0 saturated carbocycles. The number of fused-ring (bicyclic) bond motifs is 3. The van der Waals surface area contributed by atoms with Crippen LogP contribution in [0.2, 0.25) is 0 Å². The Labute approximate surface area is 280 Å². The fourth-order valence-electron chi connectivity index (χ4n) is 5.54. The van der Waals surface area contributed by atoms with Crippen molar-refractivity contribution in [2.24, 2.45) is 11.1 Å². The Morgan fingerprint density at radius 3 is 2.62 bits per heavy atom. The Bertz CT molecular complexity index is 1890. The van der Waals surface area contributed by atoms with Crippen molar-refractivity contribution in [3.05, 3.63) is 107 Å². The summed E-state index contributed by atoms with van der Waals surface area (Å²) in [5, 5.41) is 26.5. The number of aliphatic hydroxyl groups is 1. The van der Waals surface area contributed by atoms with Crippen molar-refractivity contribution in [3.8, 4) is 17.4 Å². The number of rotatable bonds is 14. The number of aromatic nitrogens is 1. The molecule has 0 radical (unpaired) electrons. The van der Waals surface area contributed by atoms with Crippen molar-refractivity contribution >= 4 is 27.7 Å². The number of nitrogens with zero attached hydrogens (tertiary/aromatic N) is 1. The van der Waals surface area contributed by atoms with Crippen molar-refractivity contribution in [2.45, 2.75) is 46.6 Å². The van der Waals surface area contributed by atoms with E-state index < -0.39 is 12.0 Å². The third-order valence-corrected chi connectivity index (χ3v) is 7.91. The third-order valence-electron chi connectivity index (χ3n) is 7.91. The Morgan fingerprint density at radius 1 is 1.10 bits per heavy atom. The fraction of sp³-hybridized carbons (Fsp3) is 0.316. The summed E-state index contributed by atoms with van der Waals surface area (Å²) in [6, 6.07) is 18.2. The molecular formula is C38H43N3O7. The number of furan rings is 1. The summed E-state index contributed by atoms with van der Waals surface area (Å²) in [5.41, 5.74) is 9.31. The molecule has 5 rings (SSSR count). The van der Waals surface area contributed by atoms with E-state index >= 15 is 0 Å². The van der Waals surface area contributed by atoms with Gasteiger partial charge in [0.15, 0.2) is 0 Å². The van der Waals surface area contributed by atoms with E-state index in [4.69, 9.17) is 24.4 Å². The molecule has 48 heavy (non-hydrogen) atoms. The lowest BCUT2D eigenvalue weighted by Crippen LogP contribution is -2.26. The van der Waals surface area contributed by atoms with E-state index in [2.05, 4.69) is 43.2 Å². The van der Waals surface area contributed by atoms with E-state index in [1.165, 1.54) is 6.26 Å². The number of nitrogens with one attached hydrogen (secondary N) is 1. The van der Waals surface area contributed by atoms with Crippen LogP contribution in [0.25, 0.3) is 21.7 Å². The molecule has 1 atom stereocenters. The minimum atomic E-state index is -0.728. The van der Waals surface area contributed by atoms with Gasteiger partial charge in [-0.3, -0.25) is 5.73 Å². The van der Waals surface area contributed by atoms with Gasteiger partial charge in [-0.25, -0.2) is 9.78 Å². The van der Waals surface area contributed by atoms with Gasteiger partial charge in [0.2, 0.25) is 5.88 Å². The van der Waals surface area contributed by atoms with Gasteiger partial charge in [-0.05, 0) is 66.1 Å². The number of allylic oxidation sites excluding steroid dienone is 1. The highest BCUT2D eigenvalue weighted by molar-refractivity contribution is 6.16. The molecule has 2 aromatic heterocycles. The number of hydrogen-bond acceptors (Lipinski definition) is 10. The Kier molecular flexibility index (Phi) is 11.0. The summed E-state index contributed by atoms with van der Waals surface area (Å²) in [6.45, 7) is 8.60. The largest absolute Gasteiger partial charge is 0.507 e. The lowest BCUT2D eigenvalue weighted by atomic mass is 9.90. The number of benzene rings is 3. The number of carbonyl (C=O) groups excluding carboxylic acids is 1. The number of carbonyl (C=O) groups is 1. The average molecular weight is 654 g/mol. The molecule has 5 N–H and O–H groups in total. The van der Waals surface area contributed by atoms with Crippen LogP contribution in [0.15, 0.2) is 89.4 Å². The number of ether oxygens (including phenoxy) is 3. The van der Waals surface area contributed by atoms with Crippen molar-refractivity contribution in [1.29, 1.82) is 0 Å². The van der Waals surface area contributed by atoms with Gasteiger partial charge in [0.25, 0.3) is 0 Å². The molecule has 0 aliphatic heterocycles. The summed E-state index contributed by atoms with van der Waals surface area (Å²) in [7, 11) is 0. The van der Waals surface area contributed by atoms with Gasteiger partial charge in [-0.2, -0.15) is 0 Å². The lowest BCUT2D eigenvalue weighted by molar-refractivity contribution is 0.0516. The zero-order valence-corrected chi connectivity index (χ0v) is 27.8. The molecule has 0 aliphatic rings. The second-order valence-electron chi connectivity index (χ2n) is 12.9. The van der Waals surface area contributed by atoms with E-state index in [1.54, 1.807) is 42.8 Å². The summed E-state index contributed by atoms with van der Waals surface area (Å²) < 4.78 is 23.2. The highest BCUT2D eigenvalue weighted by atomic mass is 16.5. The second-order valence-corrected chi connectivity index (χ2v) is 12.9. The number of aliphatic hydroxyl groups excluding tert-OH is 1. The number of esters is 1. The van der Waals surface area contributed by atoms with Crippen LogP contribution in [0.4, 0.5) is 0 Å². The van der Waals surface area contributed by atoms with Crippen molar-refractivity contribution < 1.29 is 33.6 Å². The summed E-state index contributed by atoms with van der Waals surface area (Å²) in [4.78, 5) is 17.6. The first-order valence-electron chi connectivity index (χ1n) is 16.0. The molecule has 1 unspecified atom stereocenters. The van der Waals surface area contributed by atoms with Crippen molar-refractivity contribution in [1.82, 2.24) is 10.3 Å².